The van der Waals surface area contributed by atoms with E-state index in [-0.39, 0.29) is 24.4 Å². The zero-order valence-electron chi connectivity index (χ0n) is 16.2. The molecular weight excluding hydrogens is 390 g/mol. The van der Waals surface area contributed by atoms with Gasteiger partial charge in [-0.2, -0.15) is 4.98 Å². The highest BCUT2D eigenvalue weighted by molar-refractivity contribution is 5.94. The molecule has 0 bridgehead atoms. The molecule has 7 nitrogen and oxygen atoms in total. The summed E-state index contributed by atoms with van der Waals surface area (Å²) in [5.41, 5.74) is 7.96. The van der Waals surface area contributed by atoms with Crippen LogP contribution in [0.15, 0.2) is 59.1 Å². The summed E-state index contributed by atoms with van der Waals surface area (Å²) in [6.07, 6.45) is 0. The van der Waals surface area contributed by atoms with Crippen molar-refractivity contribution < 1.29 is 9.32 Å². The van der Waals surface area contributed by atoms with Crippen LogP contribution in [-0.4, -0.2) is 52.0 Å². The van der Waals surface area contributed by atoms with E-state index in [1.54, 1.807) is 24.3 Å². The molecule has 1 aliphatic rings. The smallest absolute Gasteiger partial charge is 0.253 e. The van der Waals surface area contributed by atoms with Crippen molar-refractivity contribution in [3.8, 4) is 11.4 Å². The Bertz CT molecular complexity index is 937. The molecule has 1 fully saturated rings. The highest BCUT2D eigenvalue weighted by Crippen LogP contribution is 2.23. The average molecular weight is 414 g/mol. The SMILES string of the molecule is CC(c1nc(-c2ccccc2)no1)N1CCN(C(=O)c2ccc(N)cc2)CC1.Cl. The normalized spacial score (nSPS) is 15.6. The number of carbonyl (C=O) groups excluding carboxylic acids is 1. The van der Waals surface area contributed by atoms with E-state index in [0.29, 0.717) is 36.1 Å². The molecule has 0 aliphatic carbocycles. The first kappa shape index (κ1) is 20.8. The van der Waals surface area contributed by atoms with Gasteiger partial charge in [0.2, 0.25) is 11.7 Å². The number of anilines is 1. The number of rotatable bonds is 4. The Balaban J connectivity index is 0.00000240. The van der Waals surface area contributed by atoms with Crippen LogP contribution in [0.3, 0.4) is 0 Å². The van der Waals surface area contributed by atoms with Crippen LogP contribution in [0.25, 0.3) is 11.4 Å². The lowest BCUT2D eigenvalue weighted by atomic mass is 10.1. The Morgan fingerprint density at radius 1 is 1.03 bits per heavy atom. The number of nitrogen functional groups attached to an aromatic ring is 1. The third kappa shape index (κ3) is 4.58. The Labute approximate surface area is 175 Å². The molecule has 3 aromatic rings. The first-order valence-electron chi connectivity index (χ1n) is 9.40. The van der Waals surface area contributed by atoms with E-state index in [1.165, 1.54) is 0 Å². The molecule has 152 valence electrons. The van der Waals surface area contributed by atoms with E-state index in [9.17, 15) is 4.79 Å². The quantitative estimate of drug-likeness (QED) is 0.660. The van der Waals surface area contributed by atoms with E-state index in [1.807, 2.05) is 35.2 Å². The first-order valence-corrected chi connectivity index (χ1v) is 9.40. The Hall–Kier alpha value is -2.90. The standard InChI is InChI=1S/C21H23N5O2.ClH/c1-15(20-23-19(24-28-20)16-5-3-2-4-6-16)25-11-13-26(14-12-25)21(27)17-7-9-18(22)10-8-17;/h2-10,15H,11-14,22H2,1H3;1H. The summed E-state index contributed by atoms with van der Waals surface area (Å²) >= 11 is 0. The van der Waals surface area contributed by atoms with Gasteiger partial charge in [0, 0.05) is 43.0 Å². The van der Waals surface area contributed by atoms with Crippen LogP contribution in [0.2, 0.25) is 0 Å². The summed E-state index contributed by atoms with van der Waals surface area (Å²) in [4.78, 5) is 21.3. The van der Waals surface area contributed by atoms with Gasteiger partial charge in [-0.25, -0.2) is 0 Å². The van der Waals surface area contributed by atoms with Crippen molar-refractivity contribution in [2.24, 2.45) is 0 Å². The molecule has 1 aromatic heterocycles. The minimum atomic E-state index is -0.00117. The Kier molecular flexibility index (Phi) is 6.51. The van der Waals surface area contributed by atoms with Crippen molar-refractivity contribution in [2.45, 2.75) is 13.0 Å². The van der Waals surface area contributed by atoms with Gasteiger partial charge in [-0.05, 0) is 31.2 Å². The molecule has 8 heteroatoms. The summed E-state index contributed by atoms with van der Waals surface area (Å²) in [7, 11) is 0. The van der Waals surface area contributed by atoms with Crippen molar-refractivity contribution in [3.05, 3.63) is 66.1 Å². The molecule has 0 radical (unpaired) electrons. The predicted octanol–water partition coefficient (Wildman–Crippen LogP) is 3.26. The average Bonchev–Trinajstić information content (AvgIpc) is 3.24. The monoisotopic (exact) mass is 413 g/mol. The second-order valence-corrected chi connectivity index (χ2v) is 6.95. The van der Waals surface area contributed by atoms with Gasteiger partial charge >= 0.3 is 0 Å². The van der Waals surface area contributed by atoms with Gasteiger partial charge < -0.3 is 15.2 Å². The lowest BCUT2D eigenvalue weighted by molar-refractivity contribution is 0.0551. The fraction of sp³-hybridized carbons (Fsp3) is 0.286. The van der Waals surface area contributed by atoms with Gasteiger partial charge in [-0.15, -0.1) is 12.4 Å². The van der Waals surface area contributed by atoms with Crippen LogP contribution in [0.1, 0.15) is 29.2 Å². The van der Waals surface area contributed by atoms with Crippen LogP contribution >= 0.6 is 12.4 Å². The molecule has 2 N–H and O–H groups in total. The highest BCUT2D eigenvalue weighted by Gasteiger charge is 2.28. The summed E-state index contributed by atoms with van der Waals surface area (Å²) in [6, 6.07) is 16.8. The third-order valence-corrected chi connectivity index (χ3v) is 5.14. The van der Waals surface area contributed by atoms with Crippen molar-refractivity contribution in [1.82, 2.24) is 19.9 Å². The molecule has 4 rings (SSSR count). The molecule has 0 spiro atoms. The fourth-order valence-corrected chi connectivity index (χ4v) is 3.39. The number of carbonyl (C=O) groups is 1. The van der Waals surface area contributed by atoms with Crippen LogP contribution in [0.4, 0.5) is 5.69 Å². The molecular formula is C21H24ClN5O2. The molecule has 2 aromatic carbocycles. The number of nitrogens with zero attached hydrogens (tertiary/aromatic N) is 4. The van der Waals surface area contributed by atoms with E-state index < -0.39 is 0 Å². The molecule has 1 atom stereocenters. The van der Waals surface area contributed by atoms with Gasteiger partial charge in [0.25, 0.3) is 5.91 Å². The van der Waals surface area contributed by atoms with Gasteiger partial charge in [0.1, 0.15) is 0 Å². The van der Waals surface area contributed by atoms with Crippen LogP contribution in [0.5, 0.6) is 0 Å². The zero-order valence-corrected chi connectivity index (χ0v) is 17.0. The molecule has 1 unspecified atom stereocenters. The second kappa shape index (κ2) is 9.07. The summed E-state index contributed by atoms with van der Waals surface area (Å²) in [5, 5.41) is 4.10. The number of benzene rings is 2. The fourth-order valence-electron chi connectivity index (χ4n) is 3.39. The predicted molar refractivity (Wildman–Crippen MR) is 114 cm³/mol. The minimum absolute atomic E-state index is 0. The molecule has 0 saturated carbocycles. The number of halogens is 1. The van der Waals surface area contributed by atoms with E-state index in [2.05, 4.69) is 22.0 Å². The summed E-state index contributed by atoms with van der Waals surface area (Å²) < 4.78 is 5.49. The molecule has 29 heavy (non-hydrogen) atoms. The number of hydrogen-bond acceptors (Lipinski definition) is 6. The second-order valence-electron chi connectivity index (χ2n) is 6.95. The maximum Gasteiger partial charge on any atom is 0.253 e. The van der Waals surface area contributed by atoms with E-state index in [4.69, 9.17) is 10.3 Å². The zero-order chi connectivity index (χ0) is 19.5. The summed E-state index contributed by atoms with van der Waals surface area (Å²) in [5.74, 6) is 1.23. The van der Waals surface area contributed by atoms with Gasteiger partial charge in [0.05, 0.1) is 6.04 Å². The number of amides is 1. The van der Waals surface area contributed by atoms with E-state index >= 15 is 0 Å². The molecule has 1 saturated heterocycles. The number of aromatic nitrogens is 2. The van der Waals surface area contributed by atoms with Crippen molar-refractivity contribution in [2.75, 3.05) is 31.9 Å². The Morgan fingerprint density at radius 3 is 2.34 bits per heavy atom. The van der Waals surface area contributed by atoms with Crippen LogP contribution in [0, 0.1) is 0 Å². The number of piperazine rings is 1. The van der Waals surface area contributed by atoms with E-state index in [0.717, 1.165) is 18.7 Å². The Morgan fingerprint density at radius 2 is 1.69 bits per heavy atom. The minimum Gasteiger partial charge on any atom is -0.399 e. The van der Waals surface area contributed by atoms with Crippen LogP contribution < -0.4 is 5.73 Å². The lowest BCUT2D eigenvalue weighted by Crippen LogP contribution is -2.49. The van der Waals surface area contributed by atoms with Crippen molar-refractivity contribution >= 4 is 24.0 Å². The largest absolute Gasteiger partial charge is 0.399 e. The third-order valence-electron chi connectivity index (χ3n) is 5.14. The molecule has 1 aliphatic heterocycles. The summed E-state index contributed by atoms with van der Waals surface area (Å²) in [6.45, 7) is 4.88. The van der Waals surface area contributed by atoms with Crippen molar-refractivity contribution in [1.29, 1.82) is 0 Å². The molecule has 1 amide bonds. The molecule has 2 heterocycles. The first-order chi connectivity index (χ1) is 13.6. The number of nitrogens with two attached hydrogens (primary N) is 1. The van der Waals surface area contributed by atoms with Crippen molar-refractivity contribution in [3.63, 3.8) is 0 Å². The maximum atomic E-state index is 12.6. The van der Waals surface area contributed by atoms with Gasteiger partial charge in [0.15, 0.2) is 0 Å². The lowest BCUT2D eigenvalue weighted by Gasteiger charge is -2.36. The number of hydrogen-bond donors (Lipinski definition) is 1. The maximum absolute atomic E-state index is 12.6. The van der Waals surface area contributed by atoms with Crippen LogP contribution in [-0.2, 0) is 0 Å². The topological polar surface area (TPSA) is 88.5 Å². The van der Waals surface area contributed by atoms with Gasteiger partial charge in [-0.1, -0.05) is 35.5 Å². The van der Waals surface area contributed by atoms with Gasteiger partial charge in [-0.3, -0.25) is 9.69 Å². The highest BCUT2D eigenvalue weighted by atomic mass is 35.5.